The third kappa shape index (κ3) is 3.38. The van der Waals surface area contributed by atoms with Gasteiger partial charge in [0.25, 0.3) is 0 Å². The van der Waals surface area contributed by atoms with Crippen molar-refractivity contribution in [1.29, 1.82) is 0 Å². The van der Waals surface area contributed by atoms with E-state index in [-0.39, 0.29) is 0 Å². The van der Waals surface area contributed by atoms with Crippen molar-refractivity contribution in [2.24, 2.45) is 5.92 Å². The fourth-order valence-corrected chi connectivity index (χ4v) is 3.11. The average Bonchev–Trinajstić information content (AvgIpc) is 2.38. The van der Waals surface area contributed by atoms with Crippen LogP contribution in [-0.4, -0.2) is 11.5 Å². The number of carbonyl (C=O) groups is 1. The Morgan fingerprint density at radius 1 is 1.12 bits per heavy atom. The highest BCUT2D eigenvalue weighted by molar-refractivity contribution is 8.00. The molecule has 0 radical (unpaired) electrons. The monoisotopic (exact) mass is 234 g/mol. The minimum Gasteiger partial charge on any atom is -0.298 e. The molecule has 0 saturated heterocycles. The van der Waals surface area contributed by atoms with Gasteiger partial charge in [0.15, 0.2) is 0 Å². The van der Waals surface area contributed by atoms with Crippen LogP contribution in [0.3, 0.4) is 0 Å². The summed E-state index contributed by atoms with van der Waals surface area (Å²) in [6.45, 7) is 0. The first kappa shape index (κ1) is 11.7. The second-order valence-corrected chi connectivity index (χ2v) is 5.45. The van der Waals surface area contributed by atoms with Gasteiger partial charge in [0.2, 0.25) is 0 Å². The standard InChI is InChI=1S/C14H18OS/c15-14(12-7-3-1-4-8-12)11-16-13-9-5-2-6-10-13/h2,5-6,9-10,12H,1,3-4,7-8,11H2. The fourth-order valence-electron chi connectivity index (χ4n) is 2.21. The number of carbonyl (C=O) groups excluding carboxylic acids is 1. The van der Waals surface area contributed by atoms with Crippen molar-refractivity contribution >= 4 is 17.5 Å². The highest BCUT2D eigenvalue weighted by atomic mass is 32.2. The van der Waals surface area contributed by atoms with E-state index in [2.05, 4.69) is 12.1 Å². The topological polar surface area (TPSA) is 17.1 Å². The molecule has 1 aromatic carbocycles. The Morgan fingerprint density at radius 3 is 2.50 bits per heavy atom. The molecule has 1 aromatic rings. The third-order valence-corrected chi connectivity index (χ3v) is 4.22. The Labute approximate surface area is 102 Å². The Bertz CT molecular complexity index is 328. The summed E-state index contributed by atoms with van der Waals surface area (Å²) < 4.78 is 0. The minimum atomic E-state index is 0.352. The van der Waals surface area contributed by atoms with Gasteiger partial charge in [-0.25, -0.2) is 0 Å². The maximum Gasteiger partial charge on any atom is 0.146 e. The number of ketones is 1. The predicted octanol–water partition coefficient (Wildman–Crippen LogP) is 3.93. The van der Waals surface area contributed by atoms with Crippen LogP contribution in [0.5, 0.6) is 0 Å². The SMILES string of the molecule is O=C(CSc1ccccc1)C1CCCCC1. The molecule has 1 nitrogen and oxygen atoms in total. The molecule has 0 amide bonds. The third-order valence-electron chi connectivity index (χ3n) is 3.18. The van der Waals surface area contributed by atoms with E-state index in [0.29, 0.717) is 17.5 Å². The van der Waals surface area contributed by atoms with Gasteiger partial charge in [-0.1, -0.05) is 37.5 Å². The summed E-state index contributed by atoms with van der Waals surface area (Å²) in [5.41, 5.74) is 0. The Morgan fingerprint density at radius 2 is 1.81 bits per heavy atom. The lowest BCUT2D eigenvalue weighted by Crippen LogP contribution is -2.19. The van der Waals surface area contributed by atoms with Crippen molar-refractivity contribution in [1.82, 2.24) is 0 Å². The van der Waals surface area contributed by atoms with Crippen LogP contribution in [0.4, 0.5) is 0 Å². The minimum absolute atomic E-state index is 0.352. The van der Waals surface area contributed by atoms with Crippen molar-refractivity contribution in [2.75, 3.05) is 5.75 Å². The molecule has 0 bridgehead atoms. The molecule has 1 aliphatic rings. The van der Waals surface area contributed by atoms with Crippen molar-refractivity contribution in [2.45, 2.75) is 37.0 Å². The Balaban J connectivity index is 1.79. The second kappa shape index (κ2) is 6.09. The Kier molecular flexibility index (Phi) is 4.46. The van der Waals surface area contributed by atoms with Crippen molar-refractivity contribution in [3.63, 3.8) is 0 Å². The van der Waals surface area contributed by atoms with E-state index >= 15 is 0 Å². The number of benzene rings is 1. The summed E-state index contributed by atoms with van der Waals surface area (Å²) in [5, 5.41) is 0. The highest BCUT2D eigenvalue weighted by Gasteiger charge is 2.20. The molecule has 0 atom stereocenters. The van der Waals surface area contributed by atoms with Gasteiger partial charge < -0.3 is 0 Å². The maximum atomic E-state index is 12.0. The molecular formula is C14H18OS. The smallest absolute Gasteiger partial charge is 0.146 e. The van der Waals surface area contributed by atoms with Crippen LogP contribution in [0.15, 0.2) is 35.2 Å². The normalized spacial score (nSPS) is 17.2. The van der Waals surface area contributed by atoms with Crippen molar-refractivity contribution in [3.8, 4) is 0 Å². The first-order valence-electron chi connectivity index (χ1n) is 6.07. The summed E-state index contributed by atoms with van der Waals surface area (Å²) >= 11 is 1.67. The van der Waals surface area contributed by atoms with Crippen molar-refractivity contribution in [3.05, 3.63) is 30.3 Å². The van der Waals surface area contributed by atoms with Gasteiger partial charge in [-0.3, -0.25) is 4.79 Å². The first-order valence-corrected chi connectivity index (χ1v) is 7.05. The van der Waals surface area contributed by atoms with Gasteiger partial charge in [-0.2, -0.15) is 0 Å². The molecule has 86 valence electrons. The van der Waals surface area contributed by atoms with E-state index in [4.69, 9.17) is 0 Å². The van der Waals surface area contributed by atoms with Gasteiger partial charge >= 0.3 is 0 Å². The zero-order valence-corrected chi connectivity index (χ0v) is 10.3. The van der Waals surface area contributed by atoms with E-state index in [0.717, 1.165) is 12.8 Å². The molecule has 1 aliphatic carbocycles. The van der Waals surface area contributed by atoms with Gasteiger partial charge in [-0.15, -0.1) is 11.8 Å². The largest absolute Gasteiger partial charge is 0.298 e. The van der Waals surface area contributed by atoms with Gasteiger partial charge in [0.1, 0.15) is 5.78 Å². The van der Waals surface area contributed by atoms with Crippen LogP contribution in [0.25, 0.3) is 0 Å². The van der Waals surface area contributed by atoms with E-state index < -0.39 is 0 Å². The zero-order chi connectivity index (χ0) is 11.2. The first-order chi connectivity index (χ1) is 7.86. The molecule has 0 unspecified atom stereocenters. The number of hydrogen-bond acceptors (Lipinski definition) is 2. The molecule has 0 N–H and O–H groups in total. The van der Waals surface area contributed by atoms with Gasteiger partial charge in [-0.05, 0) is 25.0 Å². The molecule has 0 aliphatic heterocycles. The molecule has 2 heteroatoms. The summed E-state index contributed by atoms with van der Waals surface area (Å²) in [4.78, 5) is 13.2. The van der Waals surface area contributed by atoms with Crippen LogP contribution in [0.2, 0.25) is 0 Å². The lowest BCUT2D eigenvalue weighted by atomic mass is 9.87. The average molecular weight is 234 g/mol. The van der Waals surface area contributed by atoms with E-state index in [1.54, 1.807) is 11.8 Å². The van der Waals surface area contributed by atoms with Gasteiger partial charge in [0, 0.05) is 10.8 Å². The van der Waals surface area contributed by atoms with Crippen LogP contribution >= 0.6 is 11.8 Å². The zero-order valence-electron chi connectivity index (χ0n) is 9.52. The molecule has 2 rings (SSSR count). The van der Waals surface area contributed by atoms with Crippen LogP contribution in [0.1, 0.15) is 32.1 Å². The second-order valence-electron chi connectivity index (χ2n) is 4.40. The predicted molar refractivity (Wildman–Crippen MR) is 68.7 cm³/mol. The molecule has 1 fully saturated rings. The van der Waals surface area contributed by atoms with Crippen LogP contribution in [-0.2, 0) is 4.79 Å². The lowest BCUT2D eigenvalue weighted by molar-refractivity contribution is -0.121. The highest BCUT2D eigenvalue weighted by Crippen LogP contribution is 2.27. The molecule has 0 aromatic heterocycles. The molecular weight excluding hydrogens is 216 g/mol. The van der Waals surface area contributed by atoms with Crippen LogP contribution in [0, 0.1) is 5.92 Å². The Hall–Kier alpha value is -0.760. The number of Topliss-reactive ketones (excluding diaryl/α,β-unsaturated/α-hetero) is 1. The number of thioether (sulfide) groups is 1. The van der Waals surface area contributed by atoms with Gasteiger partial charge in [0.05, 0.1) is 5.75 Å². The number of rotatable bonds is 4. The summed E-state index contributed by atoms with van der Waals surface area (Å²) in [6.07, 6.45) is 6.04. The van der Waals surface area contributed by atoms with E-state index in [9.17, 15) is 4.79 Å². The molecule has 16 heavy (non-hydrogen) atoms. The molecule has 1 saturated carbocycles. The van der Waals surface area contributed by atoms with E-state index in [1.807, 2.05) is 18.2 Å². The molecule has 0 spiro atoms. The fraction of sp³-hybridized carbons (Fsp3) is 0.500. The molecule has 0 heterocycles. The van der Waals surface area contributed by atoms with Crippen molar-refractivity contribution < 1.29 is 4.79 Å². The van der Waals surface area contributed by atoms with Crippen LogP contribution < -0.4 is 0 Å². The summed E-state index contributed by atoms with van der Waals surface area (Å²) in [7, 11) is 0. The quantitative estimate of drug-likeness (QED) is 0.734. The van der Waals surface area contributed by atoms with E-state index in [1.165, 1.54) is 24.2 Å². The summed E-state index contributed by atoms with van der Waals surface area (Å²) in [5.74, 6) is 1.45. The maximum absolute atomic E-state index is 12.0. The number of hydrogen-bond donors (Lipinski definition) is 0. The summed E-state index contributed by atoms with van der Waals surface area (Å²) in [6, 6.07) is 10.2. The lowest BCUT2D eigenvalue weighted by Gasteiger charge is -2.19.